The Morgan fingerprint density at radius 1 is 1.20 bits per heavy atom. The van der Waals surface area contributed by atoms with Gasteiger partial charge in [0.2, 0.25) is 0 Å². The van der Waals surface area contributed by atoms with Crippen molar-refractivity contribution in [2.24, 2.45) is 0 Å². The molecule has 0 bridgehead atoms. The molecule has 0 aliphatic heterocycles. The van der Waals surface area contributed by atoms with E-state index in [1.165, 1.54) is 29.1 Å². The molecule has 0 atom stereocenters. The largest absolute Gasteiger partial charge is 0.490 e. The molecule has 1 heterocycles. The minimum atomic E-state index is -0.531. The Balaban J connectivity index is 1.77. The van der Waals surface area contributed by atoms with Gasteiger partial charge in [-0.05, 0) is 24.3 Å². The van der Waals surface area contributed by atoms with Crippen molar-refractivity contribution in [1.82, 2.24) is 9.55 Å². The smallest absolute Gasteiger partial charge is 0.271 e. The van der Waals surface area contributed by atoms with Crippen LogP contribution in [0.3, 0.4) is 0 Å². The van der Waals surface area contributed by atoms with E-state index < -0.39 is 4.92 Å². The molecule has 9 heteroatoms. The molecular formula is C16H11Cl2N3O4. The third-order valence-electron chi connectivity index (χ3n) is 3.50. The number of nitro groups is 1. The molecule has 0 amide bonds. The summed E-state index contributed by atoms with van der Waals surface area (Å²) in [5, 5.41) is 12.0. The molecule has 2 aromatic carbocycles. The van der Waals surface area contributed by atoms with Crippen LogP contribution in [0.25, 0.3) is 10.9 Å². The van der Waals surface area contributed by atoms with Crippen LogP contribution in [0.5, 0.6) is 5.75 Å². The number of halogens is 2. The molecule has 0 fully saturated rings. The summed E-state index contributed by atoms with van der Waals surface area (Å²) in [6, 6.07) is 8.81. The number of nitro benzene ring substituents is 1. The number of rotatable bonds is 5. The molecule has 1 aromatic heterocycles. The van der Waals surface area contributed by atoms with Crippen LogP contribution in [0, 0.1) is 10.1 Å². The molecule has 3 rings (SSSR count). The van der Waals surface area contributed by atoms with Gasteiger partial charge in [0.15, 0.2) is 0 Å². The monoisotopic (exact) mass is 379 g/mol. The lowest BCUT2D eigenvalue weighted by Crippen LogP contribution is -2.23. The molecular weight excluding hydrogens is 369 g/mol. The molecule has 7 nitrogen and oxygen atoms in total. The highest BCUT2D eigenvalue weighted by Crippen LogP contribution is 2.27. The van der Waals surface area contributed by atoms with Crippen molar-refractivity contribution in [2.45, 2.75) is 6.54 Å². The van der Waals surface area contributed by atoms with E-state index in [0.29, 0.717) is 21.2 Å². The number of nitrogens with zero attached hydrogens (tertiary/aromatic N) is 3. The first-order chi connectivity index (χ1) is 12.0. The summed E-state index contributed by atoms with van der Waals surface area (Å²) in [4.78, 5) is 26.8. The van der Waals surface area contributed by atoms with E-state index in [2.05, 4.69) is 4.98 Å². The van der Waals surface area contributed by atoms with Crippen LogP contribution in [-0.2, 0) is 6.54 Å². The molecule has 0 aliphatic rings. The lowest BCUT2D eigenvalue weighted by Gasteiger charge is -2.10. The molecule has 25 heavy (non-hydrogen) atoms. The van der Waals surface area contributed by atoms with Crippen molar-refractivity contribution < 1.29 is 9.66 Å². The molecule has 0 saturated carbocycles. The van der Waals surface area contributed by atoms with Crippen LogP contribution >= 0.6 is 23.2 Å². The summed E-state index contributed by atoms with van der Waals surface area (Å²) in [6.07, 6.45) is 1.33. The Kier molecular flexibility index (Phi) is 4.87. The number of hydrogen-bond donors (Lipinski definition) is 0. The maximum absolute atomic E-state index is 12.4. The molecule has 3 aromatic rings. The molecule has 0 N–H and O–H groups in total. The fourth-order valence-corrected chi connectivity index (χ4v) is 2.73. The van der Waals surface area contributed by atoms with Gasteiger partial charge >= 0.3 is 0 Å². The maximum Gasteiger partial charge on any atom is 0.271 e. The zero-order valence-electron chi connectivity index (χ0n) is 12.7. The third kappa shape index (κ3) is 3.72. The quantitative estimate of drug-likeness (QED) is 0.498. The Bertz CT molecular complexity index is 1020. The van der Waals surface area contributed by atoms with Crippen molar-refractivity contribution in [3.05, 3.63) is 73.2 Å². The average Bonchev–Trinajstić information content (AvgIpc) is 2.58. The summed E-state index contributed by atoms with van der Waals surface area (Å²) < 4.78 is 6.92. The second kappa shape index (κ2) is 7.08. The lowest BCUT2D eigenvalue weighted by molar-refractivity contribution is -0.384. The van der Waals surface area contributed by atoms with Crippen LogP contribution in [-0.4, -0.2) is 21.1 Å². The Labute approximate surface area is 151 Å². The van der Waals surface area contributed by atoms with Crippen LogP contribution in [0.2, 0.25) is 10.0 Å². The fourth-order valence-electron chi connectivity index (χ4n) is 2.27. The lowest BCUT2D eigenvalue weighted by atomic mass is 10.2. The van der Waals surface area contributed by atoms with Gasteiger partial charge in [-0.2, -0.15) is 0 Å². The van der Waals surface area contributed by atoms with Gasteiger partial charge in [0.05, 0.1) is 33.7 Å². The predicted octanol–water partition coefficient (Wildman–Crippen LogP) is 3.69. The average molecular weight is 380 g/mol. The standard InChI is InChI=1S/C16H11Cl2N3O4/c17-10-1-4-15(13(18)7-10)25-6-5-20-9-19-14-8-11(21(23)24)2-3-12(14)16(20)22/h1-4,7-9H,5-6H2. The zero-order chi connectivity index (χ0) is 18.0. The normalized spacial score (nSPS) is 10.8. The molecule has 0 saturated heterocycles. The first-order valence-corrected chi connectivity index (χ1v) is 7.93. The maximum atomic E-state index is 12.4. The van der Waals surface area contributed by atoms with Crippen molar-refractivity contribution in [3.63, 3.8) is 0 Å². The fraction of sp³-hybridized carbons (Fsp3) is 0.125. The van der Waals surface area contributed by atoms with E-state index in [9.17, 15) is 14.9 Å². The number of benzene rings is 2. The van der Waals surface area contributed by atoms with Crippen molar-refractivity contribution >= 4 is 39.8 Å². The minimum absolute atomic E-state index is 0.113. The predicted molar refractivity (Wildman–Crippen MR) is 94.6 cm³/mol. The summed E-state index contributed by atoms with van der Waals surface area (Å²) in [5.74, 6) is 0.462. The highest BCUT2D eigenvalue weighted by atomic mass is 35.5. The molecule has 128 valence electrons. The van der Waals surface area contributed by atoms with Gasteiger partial charge in [0, 0.05) is 17.2 Å². The number of aromatic nitrogens is 2. The SMILES string of the molecule is O=c1c2ccc([N+](=O)[O-])cc2ncn1CCOc1ccc(Cl)cc1Cl. The Morgan fingerprint density at radius 2 is 2.00 bits per heavy atom. The summed E-state index contributed by atoms with van der Waals surface area (Å²) in [5.41, 5.74) is -0.138. The van der Waals surface area contributed by atoms with E-state index in [1.54, 1.807) is 18.2 Å². The van der Waals surface area contributed by atoms with Crippen molar-refractivity contribution in [2.75, 3.05) is 6.61 Å². The number of fused-ring (bicyclic) bond motifs is 1. The van der Waals surface area contributed by atoms with Crippen LogP contribution in [0.1, 0.15) is 0 Å². The molecule has 0 radical (unpaired) electrons. The van der Waals surface area contributed by atoms with Gasteiger partial charge in [-0.3, -0.25) is 19.5 Å². The minimum Gasteiger partial charge on any atom is -0.490 e. The van der Waals surface area contributed by atoms with E-state index in [-0.39, 0.29) is 29.9 Å². The zero-order valence-corrected chi connectivity index (χ0v) is 14.2. The highest BCUT2D eigenvalue weighted by molar-refractivity contribution is 6.35. The van der Waals surface area contributed by atoms with Crippen LogP contribution in [0.15, 0.2) is 47.5 Å². The summed E-state index contributed by atoms with van der Waals surface area (Å²) in [7, 11) is 0. The van der Waals surface area contributed by atoms with Crippen molar-refractivity contribution in [3.8, 4) is 5.75 Å². The summed E-state index contributed by atoms with van der Waals surface area (Å²) in [6.45, 7) is 0.444. The van der Waals surface area contributed by atoms with Gasteiger partial charge in [-0.25, -0.2) is 4.98 Å². The molecule has 0 unspecified atom stereocenters. The van der Waals surface area contributed by atoms with Gasteiger partial charge in [-0.15, -0.1) is 0 Å². The van der Waals surface area contributed by atoms with Crippen molar-refractivity contribution in [1.29, 1.82) is 0 Å². The number of hydrogen-bond acceptors (Lipinski definition) is 5. The first-order valence-electron chi connectivity index (χ1n) is 7.17. The number of ether oxygens (including phenoxy) is 1. The molecule has 0 aliphatic carbocycles. The summed E-state index contributed by atoms with van der Waals surface area (Å²) >= 11 is 11.8. The van der Waals surface area contributed by atoms with Gasteiger partial charge in [-0.1, -0.05) is 23.2 Å². The second-order valence-corrected chi connectivity index (χ2v) is 5.97. The number of non-ortho nitro benzene ring substituents is 1. The van der Waals surface area contributed by atoms with Crippen LogP contribution in [0.4, 0.5) is 5.69 Å². The van der Waals surface area contributed by atoms with Gasteiger partial charge in [0.1, 0.15) is 12.4 Å². The van der Waals surface area contributed by atoms with Crippen LogP contribution < -0.4 is 10.3 Å². The molecule has 0 spiro atoms. The third-order valence-corrected chi connectivity index (χ3v) is 4.03. The first kappa shape index (κ1) is 17.2. The van der Waals surface area contributed by atoms with E-state index in [4.69, 9.17) is 27.9 Å². The Hall–Kier alpha value is -2.64. The highest BCUT2D eigenvalue weighted by Gasteiger charge is 2.10. The van der Waals surface area contributed by atoms with E-state index >= 15 is 0 Å². The Morgan fingerprint density at radius 3 is 2.72 bits per heavy atom. The topological polar surface area (TPSA) is 87.3 Å². The van der Waals surface area contributed by atoms with Gasteiger partial charge < -0.3 is 4.74 Å². The second-order valence-electron chi connectivity index (χ2n) is 5.12. The van der Waals surface area contributed by atoms with Gasteiger partial charge in [0.25, 0.3) is 11.2 Å². The van der Waals surface area contributed by atoms with E-state index in [1.807, 2.05) is 0 Å². The van der Waals surface area contributed by atoms with E-state index in [0.717, 1.165) is 0 Å².